The van der Waals surface area contributed by atoms with E-state index in [-0.39, 0.29) is 21.3 Å². The number of nitrogens with one attached hydrogen (secondary N) is 2. The van der Waals surface area contributed by atoms with Crippen molar-refractivity contribution in [2.75, 3.05) is 10.6 Å². The standard InChI is InChI=1S/C16H11Cl2F3N2O2/c1-8(24)22-9-5-6-13(11(7-9)16(19,20)21)23-15(25)10-3-2-4-12(17)14(10)18/h2-7H,1H3,(H,22,24)(H,23,25). The van der Waals surface area contributed by atoms with Crippen LogP contribution in [0.4, 0.5) is 24.5 Å². The van der Waals surface area contributed by atoms with Crippen molar-refractivity contribution in [1.29, 1.82) is 0 Å². The highest BCUT2D eigenvalue weighted by Crippen LogP contribution is 2.37. The molecule has 2 aromatic rings. The Morgan fingerprint density at radius 2 is 1.72 bits per heavy atom. The number of halogens is 5. The molecule has 0 atom stereocenters. The number of alkyl halides is 3. The molecule has 2 N–H and O–H groups in total. The van der Waals surface area contributed by atoms with Gasteiger partial charge in [-0.15, -0.1) is 0 Å². The third-order valence-electron chi connectivity index (χ3n) is 3.09. The lowest BCUT2D eigenvalue weighted by Gasteiger charge is -2.16. The molecule has 0 aliphatic rings. The van der Waals surface area contributed by atoms with Crippen LogP contribution >= 0.6 is 23.2 Å². The molecule has 0 aliphatic carbocycles. The van der Waals surface area contributed by atoms with Gasteiger partial charge in [0.1, 0.15) is 0 Å². The number of carbonyl (C=O) groups is 2. The average molecular weight is 391 g/mol. The predicted octanol–water partition coefficient (Wildman–Crippen LogP) is 5.22. The van der Waals surface area contributed by atoms with Gasteiger partial charge in [-0.1, -0.05) is 29.3 Å². The molecular formula is C16H11Cl2F3N2O2. The Hall–Kier alpha value is -2.25. The Morgan fingerprint density at radius 3 is 2.32 bits per heavy atom. The Labute approximate surface area is 150 Å². The third-order valence-corrected chi connectivity index (χ3v) is 3.91. The fourth-order valence-electron chi connectivity index (χ4n) is 2.04. The maximum absolute atomic E-state index is 13.3. The monoisotopic (exact) mass is 390 g/mol. The minimum Gasteiger partial charge on any atom is -0.326 e. The molecule has 4 nitrogen and oxygen atoms in total. The Kier molecular flexibility index (Phi) is 5.59. The maximum atomic E-state index is 13.3. The van der Waals surface area contributed by atoms with E-state index in [2.05, 4.69) is 10.6 Å². The van der Waals surface area contributed by atoms with Gasteiger partial charge in [-0.05, 0) is 30.3 Å². The van der Waals surface area contributed by atoms with Gasteiger partial charge in [0, 0.05) is 12.6 Å². The highest BCUT2D eigenvalue weighted by Gasteiger charge is 2.34. The van der Waals surface area contributed by atoms with E-state index in [9.17, 15) is 22.8 Å². The first-order valence-corrected chi connectivity index (χ1v) is 7.59. The van der Waals surface area contributed by atoms with Crippen LogP contribution in [-0.2, 0) is 11.0 Å². The van der Waals surface area contributed by atoms with Crippen molar-refractivity contribution in [2.45, 2.75) is 13.1 Å². The molecule has 132 valence electrons. The molecule has 0 fully saturated rings. The molecule has 0 radical (unpaired) electrons. The fraction of sp³-hybridized carbons (Fsp3) is 0.125. The van der Waals surface area contributed by atoms with Crippen LogP contribution < -0.4 is 10.6 Å². The summed E-state index contributed by atoms with van der Waals surface area (Å²) < 4.78 is 39.8. The molecule has 2 amide bonds. The number of hydrogen-bond acceptors (Lipinski definition) is 2. The van der Waals surface area contributed by atoms with E-state index < -0.39 is 29.2 Å². The number of hydrogen-bond donors (Lipinski definition) is 2. The predicted molar refractivity (Wildman–Crippen MR) is 90.2 cm³/mol. The highest BCUT2D eigenvalue weighted by molar-refractivity contribution is 6.44. The summed E-state index contributed by atoms with van der Waals surface area (Å²) in [6.45, 7) is 1.17. The fourth-order valence-corrected chi connectivity index (χ4v) is 2.42. The molecule has 0 aliphatic heterocycles. The van der Waals surface area contributed by atoms with Gasteiger partial charge in [0.2, 0.25) is 5.91 Å². The first kappa shape index (κ1) is 19.1. The quantitative estimate of drug-likeness (QED) is 0.754. The smallest absolute Gasteiger partial charge is 0.326 e. The largest absolute Gasteiger partial charge is 0.418 e. The average Bonchev–Trinajstić information content (AvgIpc) is 2.49. The van der Waals surface area contributed by atoms with Gasteiger partial charge in [-0.25, -0.2) is 0 Å². The van der Waals surface area contributed by atoms with E-state index in [0.717, 1.165) is 12.1 Å². The van der Waals surface area contributed by atoms with Gasteiger partial charge in [0.05, 0.1) is 26.9 Å². The molecule has 25 heavy (non-hydrogen) atoms. The summed E-state index contributed by atoms with van der Waals surface area (Å²) >= 11 is 11.7. The molecule has 2 aromatic carbocycles. The lowest BCUT2D eigenvalue weighted by molar-refractivity contribution is -0.137. The molecule has 0 spiro atoms. The first-order valence-electron chi connectivity index (χ1n) is 6.84. The minimum absolute atomic E-state index is 0.0430. The molecule has 0 aromatic heterocycles. The molecule has 0 saturated carbocycles. The maximum Gasteiger partial charge on any atom is 0.418 e. The van der Waals surface area contributed by atoms with Crippen LogP contribution in [0.15, 0.2) is 36.4 Å². The van der Waals surface area contributed by atoms with Crippen LogP contribution in [-0.4, -0.2) is 11.8 Å². The van der Waals surface area contributed by atoms with Gasteiger partial charge in [-0.3, -0.25) is 9.59 Å². The lowest BCUT2D eigenvalue weighted by Crippen LogP contribution is -2.18. The van der Waals surface area contributed by atoms with Crippen molar-refractivity contribution in [3.8, 4) is 0 Å². The second-order valence-electron chi connectivity index (χ2n) is 4.99. The van der Waals surface area contributed by atoms with E-state index >= 15 is 0 Å². The Bertz CT molecular complexity index is 839. The summed E-state index contributed by atoms with van der Waals surface area (Å²) in [6.07, 6.45) is -4.74. The van der Waals surface area contributed by atoms with Gasteiger partial charge in [0.25, 0.3) is 5.91 Å². The molecule has 2 rings (SSSR count). The van der Waals surface area contributed by atoms with Crippen LogP contribution in [0, 0.1) is 0 Å². The van der Waals surface area contributed by atoms with E-state index in [1.165, 1.54) is 31.2 Å². The molecule has 0 saturated heterocycles. The van der Waals surface area contributed by atoms with Crippen LogP contribution in [0.3, 0.4) is 0 Å². The lowest BCUT2D eigenvalue weighted by atomic mass is 10.1. The van der Waals surface area contributed by atoms with E-state index in [1.54, 1.807) is 0 Å². The second kappa shape index (κ2) is 7.33. The van der Waals surface area contributed by atoms with E-state index in [1.807, 2.05) is 0 Å². The zero-order chi connectivity index (χ0) is 18.8. The number of amides is 2. The summed E-state index contributed by atoms with van der Waals surface area (Å²) in [4.78, 5) is 23.2. The topological polar surface area (TPSA) is 58.2 Å². The van der Waals surface area contributed by atoms with Gasteiger partial charge in [0.15, 0.2) is 0 Å². The Morgan fingerprint density at radius 1 is 1.04 bits per heavy atom. The minimum atomic E-state index is -4.74. The number of rotatable bonds is 3. The van der Waals surface area contributed by atoms with Crippen LogP contribution in [0.25, 0.3) is 0 Å². The Balaban J connectivity index is 2.39. The van der Waals surface area contributed by atoms with Crippen molar-refractivity contribution in [3.63, 3.8) is 0 Å². The summed E-state index contributed by atoms with van der Waals surface area (Å²) in [7, 11) is 0. The van der Waals surface area contributed by atoms with Crippen molar-refractivity contribution in [1.82, 2.24) is 0 Å². The number of anilines is 2. The van der Waals surface area contributed by atoms with Gasteiger partial charge >= 0.3 is 6.18 Å². The summed E-state index contributed by atoms with van der Waals surface area (Å²) in [6, 6.07) is 7.26. The van der Waals surface area contributed by atoms with Crippen molar-refractivity contribution in [2.24, 2.45) is 0 Å². The first-order chi connectivity index (χ1) is 11.6. The number of carbonyl (C=O) groups excluding carboxylic acids is 2. The van der Waals surface area contributed by atoms with E-state index in [0.29, 0.717) is 0 Å². The zero-order valence-electron chi connectivity index (χ0n) is 12.7. The van der Waals surface area contributed by atoms with Crippen LogP contribution in [0.1, 0.15) is 22.8 Å². The van der Waals surface area contributed by atoms with Crippen molar-refractivity contribution < 1.29 is 22.8 Å². The van der Waals surface area contributed by atoms with Gasteiger partial charge < -0.3 is 10.6 Å². The third kappa shape index (κ3) is 4.64. The molecule has 0 heterocycles. The summed E-state index contributed by atoms with van der Waals surface area (Å²) in [5, 5.41) is 4.46. The summed E-state index contributed by atoms with van der Waals surface area (Å²) in [5.74, 6) is -1.36. The zero-order valence-corrected chi connectivity index (χ0v) is 14.2. The summed E-state index contributed by atoms with van der Waals surface area (Å²) in [5.41, 5.74) is -1.68. The molecular weight excluding hydrogens is 380 g/mol. The molecule has 0 unspecified atom stereocenters. The van der Waals surface area contributed by atoms with E-state index in [4.69, 9.17) is 23.2 Å². The van der Waals surface area contributed by atoms with Gasteiger partial charge in [-0.2, -0.15) is 13.2 Å². The molecule has 9 heteroatoms. The SMILES string of the molecule is CC(=O)Nc1ccc(NC(=O)c2cccc(Cl)c2Cl)c(C(F)(F)F)c1. The van der Waals surface area contributed by atoms with Crippen molar-refractivity contribution >= 4 is 46.4 Å². The normalized spacial score (nSPS) is 11.1. The van der Waals surface area contributed by atoms with Crippen LogP contribution in [0.5, 0.6) is 0 Å². The van der Waals surface area contributed by atoms with Crippen LogP contribution in [0.2, 0.25) is 10.0 Å². The molecule has 0 bridgehead atoms. The second-order valence-corrected chi connectivity index (χ2v) is 5.78. The van der Waals surface area contributed by atoms with Crippen molar-refractivity contribution in [3.05, 3.63) is 57.6 Å². The number of benzene rings is 2. The highest BCUT2D eigenvalue weighted by atomic mass is 35.5.